The molecule has 7 nitrogen and oxygen atoms in total. The normalized spacial score (nSPS) is 13.1. The summed E-state index contributed by atoms with van der Waals surface area (Å²) in [5.41, 5.74) is 5.50. The monoisotopic (exact) mass is 268 g/mol. The standard InChI is InChI=1S/C12H20N4O3/c1-12(2,3)9(13)10(17)14-4-5-16-6-8(11(18)19)15-7-16/h6-7,9H,4-5,13H2,1-3H3,(H,14,17)(H,18,19)/t9-/m0/s1. The number of hydrogen-bond acceptors (Lipinski definition) is 4. The fourth-order valence-corrected chi connectivity index (χ4v) is 1.40. The van der Waals surface area contributed by atoms with Gasteiger partial charge in [0.15, 0.2) is 5.69 Å². The fraction of sp³-hybridized carbons (Fsp3) is 0.583. The summed E-state index contributed by atoms with van der Waals surface area (Å²) in [6.07, 6.45) is 2.83. The molecule has 0 spiro atoms. The summed E-state index contributed by atoms with van der Waals surface area (Å²) in [6, 6.07) is -0.579. The summed E-state index contributed by atoms with van der Waals surface area (Å²) in [5.74, 6) is -1.29. The lowest BCUT2D eigenvalue weighted by atomic mass is 9.87. The molecule has 0 saturated heterocycles. The van der Waals surface area contributed by atoms with Gasteiger partial charge in [-0.1, -0.05) is 20.8 Å². The highest BCUT2D eigenvalue weighted by Crippen LogP contribution is 2.16. The fourth-order valence-electron chi connectivity index (χ4n) is 1.40. The molecule has 0 aliphatic heterocycles. The van der Waals surface area contributed by atoms with Crippen molar-refractivity contribution in [2.75, 3.05) is 6.54 Å². The van der Waals surface area contributed by atoms with Gasteiger partial charge < -0.3 is 20.7 Å². The van der Waals surface area contributed by atoms with E-state index in [0.29, 0.717) is 13.1 Å². The number of nitrogens with zero attached hydrogens (tertiary/aromatic N) is 2. The average Bonchev–Trinajstić information content (AvgIpc) is 2.75. The molecule has 0 aromatic carbocycles. The van der Waals surface area contributed by atoms with Gasteiger partial charge in [-0.2, -0.15) is 0 Å². The van der Waals surface area contributed by atoms with E-state index < -0.39 is 12.0 Å². The molecule has 0 unspecified atom stereocenters. The molecule has 0 bridgehead atoms. The molecular formula is C12H20N4O3. The van der Waals surface area contributed by atoms with Crippen molar-refractivity contribution in [2.45, 2.75) is 33.4 Å². The Morgan fingerprint density at radius 1 is 1.53 bits per heavy atom. The van der Waals surface area contributed by atoms with E-state index in [2.05, 4.69) is 10.3 Å². The number of nitrogens with two attached hydrogens (primary N) is 1. The second-order valence-corrected chi connectivity index (χ2v) is 5.44. The first-order valence-electron chi connectivity index (χ1n) is 6.00. The summed E-state index contributed by atoms with van der Waals surface area (Å²) in [7, 11) is 0. The first kappa shape index (κ1) is 15.2. The Morgan fingerprint density at radius 2 is 2.16 bits per heavy atom. The van der Waals surface area contributed by atoms with E-state index in [4.69, 9.17) is 10.8 Å². The molecule has 19 heavy (non-hydrogen) atoms. The number of amides is 1. The van der Waals surface area contributed by atoms with Crippen LogP contribution in [0.15, 0.2) is 12.5 Å². The number of carbonyl (C=O) groups is 2. The van der Waals surface area contributed by atoms with Crippen LogP contribution in [-0.2, 0) is 11.3 Å². The van der Waals surface area contributed by atoms with E-state index in [-0.39, 0.29) is 17.0 Å². The Balaban J connectivity index is 2.42. The first-order chi connectivity index (χ1) is 8.71. The number of carboxylic acids is 1. The molecule has 1 heterocycles. The van der Waals surface area contributed by atoms with Crippen molar-refractivity contribution in [3.05, 3.63) is 18.2 Å². The first-order valence-corrected chi connectivity index (χ1v) is 6.00. The van der Waals surface area contributed by atoms with Gasteiger partial charge in [0.25, 0.3) is 0 Å². The number of carbonyl (C=O) groups excluding carboxylic acids is 1. The van der Waals surface area contributed by atoms with E-state index in [1.54, 1.807) is 4.57 Å². The molecule has 7 heteroatoms. The van der Waals surface area contributed by atoms with Crippen molar-refractivity contribution in [3.8, 4) is 0 Å². The lowest BCUT2D eigenvalue weighted by Gasteiger charge is -2.25. The van der Waals surface area contributed by atoms with Crippen LogP contribution in [0.2, 0.25) is 0 Å². The van der Waals surface area contributed by atoms with Crippen LogP contribution < -0.4 is 11.1 Å². The topological polar surface area (TPSA) is 110 Å². The minimum atomic E-state index is -1.07. The zero-order valence-corrected chi connectivity index (χ0v) is 11.4. The van der Waals surface area contributed by atoms with Crippen LogP contribution in [-0.4, -0.2) is 39.1 Å². The van der Waals surface area contributed by atoms with Crippen LogP contribution in [0.4, 0.5) is 0 Å². The van der Waals surface area contributed by atoms with Crippen LogP contribution in [0.25, 0.3) is 0 Å². The highest BCUT2D eigenvalue weighted by Gasteiger charge is 2.26. The van der Waals surface area contributed by atoms with Crippen molar-refractivity contribution in [1.29, 1.82) is 0 Å². The Bertz CT molecular complexity index is 462. The molecule has 1 aromatic heterocycles. The van der Waals surface area contributed by atoms with Gasteiger partial charge in [-0.3, -0.25) is 4.79 Å². The summed E-state index contributed by atoms with van der Waals surface area (Å²) in [6.45, 7) is 6.51. The molecule has 1 aromatic rings. The highest BCUT2D eigenvalue weighted by molar-refractivity contribution is 5.84. The maximum Gasteiger partial charge on any atom is 0.356 e. The molecule has 0 saturated carbocycles. The summed E-state index contributed by atoms with van der Waals surface area (Å²) >= 11 is 0. The molecule has 0 radical (unpaired) electrons. The van der Waals surface area contributed by atoms with E-state index in [9.17, 15) is 9.59 Å². The molecule has 0 fully saturated rings. The third-order valence-electron chi connectivity index (χ3n) is 2.74. The predicted molar refractivity (Wildman–Crippen MR) is 69.6 cm³/mol. The Kier molecular flexibility index (Phi) is 4.66. The van der Waals surface area contributed by atoms with Gasteiger partial charge in [-0.15, -0.1) is 0 Å². The van der Waals surface area contributed by atoms with E-state index >= 15 is 0 Å². The minimum absolute atomic E-state index is 0.0160. The SMILES string of the molecule is CC(C)(C)[C@@H](N)C(=O)NCCn1cnc(C(=O)O)c1. The lowest BCUT2D eigenvalue weighted by Crippen LogP contribution is -2.49. The van der Waals surface area contributed by atoms with Gasteiger partial charge in [0.1, 0.15) is 0 Å². The second-order valence-electron chi connectivity index (χ2n) is 5.44. The number of imidazole rings is 1. The van der Waals surface area contributed by atoms with Gasteiger partial charge in [0.2, 0.25) is 5.91 Å². The van der Waals surface area contributed by atoms with Gasteiger partial charge in [-0.25, -0.2) is 9.78 Å². The molecule has 1 rings (SSSR count). The number of aromatic nitrogens is 2. The van der Waals surface area contributed by atoms with Crippen LogP contribution >= 0.6 is 0 Å². The van der Waals surface area contributed by atoms with Crippen molar-refractivity contribution >= 4 is 11.9 Å². The van der Waals surface area contributed by atoms with Crippen LogP contribution in [0.3, 0.4) is 0 Å². The largest absolute Gasteiger partial charge is 0.476 e. The average molecular weight is 268 g/mol. The summed E-state index contributed by atoms with van der Waals surface area (Å²) < 4.78 is 1.60. The maximum atomic E-state index is 11.7. The van der Waals surface area contributed by atoms with Gasteiger partial charge in [0.05, 0.1) is 12.4 Å². The molecular weight excluding hydrogens is 248 g/mol. The summed E-state index contributed by atoms with van der Waals surface area (Å²) in [5, 5.41) is 11.4. The number of nitrogens with one attached hydrogen (secondary N) is 1. The van der Waals surface area contributed by atoms with Gasteiger partial charge in [-0.05, 0) is 5.41 Å². The van der Waals surface area contributed by atoms with Gasteiger partial charge in [0, 0.05) is 19.3 Å². The van der Waals surface area contributed by atoms with Crippen molar-refractivity contribution in [1.82, 2.24) is 14.9 Å². The Labute approximate surface area is 111 Å². The van der Waals surface area contributed by atoms with Gasteiger partial charge >= 0.3 is 5.97 Å². The molecule has 4 N–H and O–H groups in total. The van der Waals surface area contributed by atoms with Crippen LogP contribution in [0.1, 0.15) is 31.3 Å². The maximum absolute atomic E-state index is 11.7. The third-order valence-corrected chi connectivity index (χ3v) is 2.74. The van der Waals surface area contributed by atoms with Crippen molar-refractivity contribution in [3.63, 3.8) is 0 Å². The number of hydrogen-bond donors (Lipinski definition) is 3. The second kappa shape index (κ2) is 5.83. The minimum Gasteiger partial charge on any atom is -0.476 e. The zero-order chi connectivity index (χ0) is 14.6. The molecule has 1 amide bonds. The van der Waals surface area contributed by atoms with Crippen LogP contribution in [0.5, 0.6) is 0 Å². The van der Waals surface area contributed by atoms with E-state index in [1.165, 1.54) is 12.5 Å². The lowest BCUT2D eigenvalue weighted by molar-refractivity contribution is -0.124. The Morgan fingerprint density at radius 3 is 2.63 bits per heavy atom. The predicted octanol–water partition coefficient (Wildman–Crippen LogP) is 0.0709. The third kappa shape index (κ3) is 4.36. The molecule has 1 atom stereocenters. The number of rotatable bonds is 5. The Hall–Kier alpha value is -1.89. The molecule has 0 aliphatic carbocycles. The smallest absolute Gasteiger partial charge is 0.356 e. The summed E-state index contributed by atoms with van der Waals surface area (Å²) in [4.78, 5) is 26.1. The highest BCUT2D eigenvalue weighted by atomic mass is 16.4. The zero-order valence-electron chi connectivity index (χ0n) is 11.4. The quantitative estimate of drug-likeness (QED) is 0.700. The molecule has 106 valence electrons. The van der Waals surface area contributed by atoms with Crippen LogP contribution in [0, 0.1) is 5.41 Å². The van der Waals surface area contributed by atoms with E-state index in [0.717, 1.165) is 0 Å². The number of carboxylic acid groups (broad SMARTS) is 1. The van der Waals surface area contributed by atoms with Crippen molar-refractivity contribution in [2.24, 2.45) is 11.1 Å². The van der Waals surface area contributed by atoms with E-state index in [1.807, 2.05) is 20.8 Å². The number of aromatic carboxylic acids is 1. The molecule has 0 aliphatic rings. The van der Waals surface area contributed by atoms with Crippen molar-refractivity contribution < 1.29 is 14.7 Å².